The normalized spacial score (nSPS) is 10.7. The van der Waals surface area contributed by atoms with E-state index in [1.54, 1.807) is 0 Å². The molecule has 0 saturated carbocycles. The zero-order valence-corrected chi connectivity index (χ0v) is 12.9. The predicted octanol–water partition coefficient (Wildman–Crippen LogP) is 3.62. The van der Waals surface area contributed by atoms with E-state index in [1.165, 1.54) is 25.3 Å². The van der Waals surface area contributed by atoms with Gasteiger partial charge in [-0.2, -0.15) is 0 Å². The van der Waals surface area contributed by atoms with Crippen LogP contribution in [-0.4, -0.2) is 23.2 Å². The zero-order chi connectivity index (χ0) is 16.4. The number of nitrogens with zero attached hydrogens (tertiary/aromatic N) is 1. The number of carboxylic acids is 1. The first-order chi connectivity index (χ1) is 10.4. The summed E-state index contributed by atoms with van der Waals surface area (Å²) in [6.07, 6.45) is 0. The van der Waals surface area contributed by atoms with Crippen molar-refractivity contribution in [3.05, 3.63) is 45.3 Å². The Morgan fingerprint density at radius 1 is 1.45 bits per heavy atom. The van der Waals surface area contributed by atoms with Crippen LogP contribution in [-0.2, 0) is 11.3 Å². The van der Waals surface area contributed by atoms with E-state index in [1.807, 2.05) is 0 Å². The van der Waals surface area contributed by atoms with Gasteiger partial charge in [-0.15, -0.1) is 0 Å². The monoisotopic (exact) mass is 344 g/mol. The summed E-state index contributed by atoms with van der Waals surface area (Å²) in [7, 11) is 1.41. The summed E-state index contributed by atoms with van der Waals surface area (Å²) in [6, 6.07) is 4.16. The van der Waals surface area contributed by atoms with Crippen molar-refractivity contribution in [1.82, 2.24) is 4.98 Å². The number of carbonyl (C=O) groups is 1. The Bertz CT molecular complexity index is 753. The fourth-order valence-electron chi connectivity index (χ4n) is 1.90. The molecule has 0 fully saturated rings. The smallest absolute Gasteiger partial charge is 0.356 e. The van der Waals surface area contributed by atoms with Gasteiger partial charge in [-0.3, -0.25) is 0 Å². The fraction of sp³-hybridized carbons (Fsp3) is 0.143. The van der Waals surface area contributed by atoms with Crippen LogP contribution in [0.2, 0.25) is 10.0 Å². The molecule has 0 aliphatic carbocycles. The molecule has 3 N–H and O–H groups in total. The molecule has 0 amide bonds. The lowest BCUT2D eigenvalue weighted by Crippen LogP contribution is -2.06. The maximum absolute atomic E-state index is 14.5. The molecule has 0 spiro atoms. The first kappa shape index (κ1) is 16.5. The third kappa shape index (κ3) is 2.99. The summed E-state index contributed by atoms with van der Waals surface area (Å²) < 4.78 is 19.4. The number of carboxylic acid groups (broad SMARTS) is 1. The molecule has 116 valence electrons. The summed E-state index contributed by atoms with van der Waals surface area (Å²) >= 11 is 11.7. The fourth-order valence-corrected chi connectivity index (χ4v) is 2.28. The number of rotatable bonds is 4. The second-order valence-corrected chi connectivity index (χ2v) is 5.17. The van der Waals surface area contributed by atoms with Gasteiger partial charge >= 0.3 is 5.97 Å². The number of halogens is 3. The van der Waals surface area contributed by atoms with E-state index in [9.17, 15) is 9.18 Å². The Balaban J connectivity index is 2.67. The number of aromatic carboxylic acids is 1. The van der Waals surface area contributed by atoms with Gasteiger partial charge in [-0.25, -0.2) is 14.2 Å². The average Bonchev–Trinajstić information content (AvgIpc) is 2.46. The van der Waals surface area contributed by atoms with E-state index < -0.39 is 17.5 Å². The molecule has 0 aliphatic heterocycles. The van der Waals surface area contributed by atoms with Crippen molar-refractivity contribution in [3.63, 3.8) is 0 Å². The molecular weight excluding hydrogens is 334 g/mol. The topological polar surface area (TPSA) is 85.4 Å². The average molecular weight is 345 g/mol. The molecule has 2 rings (SSSR count). The quantitative estimate of drug-likeness (QED) is 0.884. The first-order valence-electron chi connectivity index (χ1n) is 6.02. The zero-order valence-electron chi connectivity index (χ0n) is 11.4. The minimum Gasteiger partial charge on any atom is -0.476 e. The van der Waals surface area contributed by atoms with Crippen molar-refractivity contribution in [3.8, 4) is 11.3 Å². The summed E-state index contributed by atoms with van der Waals surface area (Å²) in [5.41, 5.74) is 5.46. The van der Waals surface area contributed by atoms with Gasteiger partial charge in [0.05, 0.1) is 23.0 Å². The maximum Gasteiger partial charge on any atom is 0.356 e. The number of pyridine rings is 1. The molecule has 8 heteroatoms. The van der Waals surface area contributed by atoms with Gasteiger partial charge in [-0.1, -0.05) is 23.2 Å². The van der Waals surface area contributed by atoms with Crippen molar-refractivity contribution in [2.45, 2.75) is 6.61 Å². The number of benzene rings is 1. The second kappa shape index (κ2) is 6.48. The number of methoxy groups -OCH3 is 1. The maximum atomic E-state index is 14.5. The minimum absolute atomic E-state index is 0.00768. The lowest BCUT2D eigenvalue weighted by molar-refractivity contribution is 0.0691. The third-order valence-electron chi connectivity index (χ3n) is 2.94. The van der Waals surface area contributed by atoms with Gasteiger partial charge in [-0.05, 0) is 18.2 Å². The SMILES string of the molecule is COCc1c(Cl)ccc(-c2cc(N)c(Cl)c(C(=O)O)n2)c1F. The molecule has 2 aromatic rings. The van der Waals surface area contributed by atoms with Gasteiger partial charge in [0.25, 0.3) is 0 Å². The van der Waals surface area contributed by atoms with Crippen LogP contribution in [0.4, 0.5) is 10.1 Å². The number of hydrogen-bond acceptors (Lipinski definition) is 4. The Morgan fingerprint density at radius 2 is 2.14 bits per heavy atom. The lowest BCUT2D eigenvalue weighted by atomic mass is 10.1. The van der Waals surface area contributed by atoms with Gasteiger partial charge in [0.2, 0.25) is 0 Å². The Labute approximate surface area is 135 Å². The van der Waals surface area contributed by atoms with Crippen LogP contribution in [0.25, 0.3) is 11.3 Å². The largest absolute Gasteiger partial charge is 0.476 e. The van der Waals surface area contributed by atoms with E-state index in [0.717, 1.165) is 0 Å². The molecule has 5 nitrogen and oxygen atoms in total. The number of nitrogens with two attached hydrogens (primary N) is 1. The van der Waals surface area contributed by atoms with Crippen molar-refractivity contribution in [2.75, 3.05) is 12.8 Å². The van der Waals surface area contributed by atoms with Crippen molar-refractivity contribution in [1.29, 1.82) is 0 Å². The highest BCUT2D eigenvalue weighted by molar-refractivity contribution is 6.35. The number of anilines is 1. The van der Waals surface area contributed by atoms with Crippen molar-refractivity contribution < 1.29 is 19.0 Å². The molecule has 1 heterocycles. The van der Waals surface area contributed by atoms with E-state index in [-0.39, 0.29) is 39.2 Å². The minimum atomic E-state index is -1.36. The van der Waals surface area contributed by atoms with E-state index >= 15 is 0 Å². The van der Waals surface area contributed by atoms with E-state index in [4.69, 9.17) is 38.8 Å². The van der Waals surface area contributed by atoms with Crippen LogP contribution in [0.3, 0.4) is 0 Å². The van der Waals surface area contributed by atoms with Crippen LogP contribution in [0.5, 0.6) is 0 Å². The molecule has 0 bridgehead atoms. The summed E-state index contributed by atoms with van der Waals surface area (Å²) in [5.74, 6) is -2.01. The molecule has 0 radical (unpaired) electrons. The first-order valence-corrected chi connectivity index (χ1v) is 6.78. The van der Waals surface area contributed by atoms with Crippen LogP contribution in [0, 0.1) is 5.82 Å². The summed E-state index contributed by atoms with van der Waals surface area (Å²) in [5, 5.41) is 9.08. The molecule has 0 saturated heterocycles. The number of aromatic nitrogens is 1. The van der Waals surface area contributed by atoms with Gasteiger partial charge < -0.3 is 15.6 Å². The van der Waals surface area contributed by atoms with Gasteiger partial charge in [0.15, 0.2) is 5.69 Å². The molecule has 1 aromatic heterocycles. The number of nitrogen functional groups attached to an aromatic ring is 1. The molecule has 1 aromatic carbocycles. The lowest BCUT2D eigenvalue weighted by Gasteiger charge is -2.11. The Kier molecular flexibility index (Phi) is 4.85. The predicted molar refractivity (Wildman–Crippen MR) is 81.7 cm³/mol. The van der Waals surface area contributed by atoms with Crippen molar-refractivity contribution in [2.24, 2.45) is 0 Å². The Hall–Kier alpha value is -1.89. The second-order valence-electron chi connectivity index (χ2n) is 4.38. The summed E-state index contributed by atoms with van der Waals surface area (Å²) in [4.78, 5) is 15.0. The van der Waals surface area contributed by atoms with E-state index in [2.05, 4.69) is 4.98 Å². The van der Waals surface area contributed by atoms with Crippen LogP contribution in [0.1, 0.15) is 16.1 Å². The molecule has 0 unspecified atom stereocenters. The Morgan fingerprint density at radius 3 is 2.73 bits per heavy atom. The highest BCUT2D eigenvalue weighted by Crippen LogP contribution is 2.32. The molecule has 0 atom stereocenters. The van der Waals surface area contributed by atoms with Gasteiger partial charge in [0, 0.05) is 23.3 Å². The standard InChI is InChI=1S/C14H11Cl2FN2O3/c1-22-5-7-8(15)3-2-6(12(7)17)10-4-9(18)11(16)13(19-10)14(20)21/h2-4H,5H2,1H3,(H2,18,19)(H,20,21). The molecular formula is C14H11Cl2FN2O3. The number of hydrogen-bond donors (Lipinski definition) is 2. The van der Waals surface area contributed by atoms with E-state index in [0.29, 0.717) is 0 Å². The molecule has 0 aliphatic rings. The third-order valence-corrected chi connectivity index (χ3v) is 3.69. The highest BCUT2D eigenvalue weighted by atomic mass is 35.5. The van der Waals surface area contributed by atoms with Crippen LogP contribution < -0.4 is 5.73 Å². The van der Waals surface area contributed by atoms with Crippen LogP contribution in [0.15, 0.2) is 18.2 Å². The molecule has 22 heavy (non-hydrogen) atoms. The number of ether oxygens (including phenoxy) is 1. The highest BCUT2D eigenvalue weighted by Gasteiger charge is 2.19. The van der Waals surface area contributed by atoms with Crippen LogP contribution >= 0.6 is 23.2 Å². The van der Waals surface area contributed by atoms with Gasteiger partial charge in [0.1, 0.15) is 5.82 Å². The van der Waals surface area contributed by atoms with Crippen molar-refractivity contribution >= 4 is 34.9 Å². The summed E-state index contributed by atoms with van der Waals surface area (Å²) in [6.45, 7) is -0.0344.